The molecular weight excluding hydrogens is 288 g/mol. The van der Waals surface area contributed by atoms with Crippen LogP contribution < -0.4 is 5.73 Å². The van der Waals surface area contributed by atoms with Gasteiger partial charge in [0.2, 0.25) is 0 Å². The third-order valence-electron chi connectivity index (χ3n) is 3.36. The third-order valence-corrected chi connectivity index (χ3v) is 3.36. The summed E-state index contributed by atoms with van der Waals surface area (Å²) >= 11 is 0. The molecular formula is C10H16N4O7. The van der Waals surface area contributed by atoms with Gasteiger partial charge in [0.1, 0.15) is 30.1 Å². The quantitative estimate of drug-likeness (QED) is 0.318. The van der Waals surface area contributed by atoms with Crippen LogP contribution in [-0.4, -0.2) is 77.5 Å². The van der Waals surface area contributed by atoms with Crippen LogP contribution >= 0.6 is 0 Å². The molecule has 0 aromatic carbocycles. The van der Waals surface area contributed by atoms with E-state index < -0.39 is 49.3 Å². The maximum absolute atomic E-state index is 11.8. The molecule has 1 aliphatic rings. The molecule has 0 radical (unpaired) electrons. The van der Waals surface area contributed by atoms with E-state index in [9.17, 15) is 20.1 Å². The number of primary amides is 1. The average molecular weight is 304 g/mol. The summed E-state index contributed by atoms with van der Waals surface area (Å²) in [5, 5.41) is 54.8. The highest BCUT2D eigenvalue weighted by Gasteiger charge is 2.59. The molecule has 1 aliphatic heterocycles. The predicted octanol–water partition coefficient (Wildman–Crippen LogP) is -4.62. The largest absolute Gasteiger partial charge is 0.394 e. The molecule has 7 N–H and O–H groups in total. The Bertz CT molecular complexity index is 521. The van der Waals surface area contributed by atoms with Gasteiger partial charge in [-0.25, -0.2) is 4.68 Å². The monoisotopic (exact) mass is 304 g/mol. The number of nitrogens with zero attached hydrogens (tertiary/aromatic N) is 3. The average Bonchev–Trinajstić information content (AvgIpc) is 2.94. The summed E-state index contributed by atoms with van der Waals surface area (Å²) < 4.78 is 5.96. The molecule has 2 heterocycles. The van der Waals surface area contributed by atoms with Crippen molar-refractivity contribution < 1.29 is 35.1 Å². The fourth-order valence-corrected chi connectivity index (χ4v) is 2.19. The Morgan fingerprint density at radius 1 is 1.38 bits per heavy atom. The molecule has 1 aromatic rings. The van der Waals surface area contributed by atoms with Gasteiger partial charge in [-0.2, -0.15) is 0 Å². The lowest BCUT2D eigenvalue weighted by atomic mass is 9.90. The van der Waals surface area contributed by atoms with Crippen molar-refractivity contribution in [2.45, 2.75) is 36.7 Å². The topological polar surface area (TPSA) is 184 Å². The van der Waals surface area contributed by atoms with Crippen molar-refractivity contribution in [1.29, 1.82) is 0 Å². The Balaban J connectivity index is 2.52. The highest BCUT2D eigenvalue weighted by Crippen LogP contribution is 2.33. The first kappa shape index (κ1) is 15.8. The number of aromatic nitrogens is 3. The summed E-state index contributed by atoms with van der Waals surface area (Å²) in [5.41, 5.74) is 2.94. The Hall–Kier alpha value is -1.63. The van der Waals surface area contributed by atoms with Crippen molar-refractivity contribution in [2.75, 3.05) is 6.61 Å². The van der Waals surface area contributed by atoms with Crippen LogP contribution in [0, 0.1) is 0 Å². The number of ether oxygens (including phenoxy) is 1. The number of carbonyl (C=O) groups excluding carboxylic acids is 1. The maximum Gasteiger partial charge on any atom is 0.275 e. The van der Waals surface area contributed by atoms with Gasteiger partial charge in [0.15, 0.2) is 0 Å². The second kappa shape index (κ2) is 5.63. The maximum atomic E-state index is 11.8. The molecule has 0 spiro atoms. The molecule has 21 heavy (non-hydrogen) atoms. The Morgan fingerprint density at radius 3 is 2.52 bits per heavy atom. The molecule has 11 heteroatoms. The van der Waals surface area contributed by atoms with Gasteiger partial charge < -0.3 is 36.0 Å². The molecule has 11 nitrogen and oxygen atoms in total. The first-order valence-electron chi connectivity index (χ1n) is 6.03. The summed E-state index contributed by atoms with van der Waals surface area (Å²) in [5.74, 6) is -1.21. The number of aliphatic hydroxyl groups excluding tert-OH is 5. The predicted molar refractivity (Wildman–Crippen MR) is 63.1 cm³/mol. The fraction of sp³-hybridized carbons (Fsp3) is 0.700. The van der Waals surface area contributed by atoms with E-state index in [1.807, 2.05) is 0 Å². The van der Waals surface area contributed by atoms with Gasteiger partial charge in [0.05, 0.1) is 19.4 Å². The Labute approximate surface area is 118 Å². The lowest BCUT2D eigenvalue weighted by molar-refractivity contribution is -0.296. The van der Waals surface area contributed by atoms with Gasteiger partial charge in [-0.15, -0.1) is 5.10 Å². The van der Waals surface area contributed by atoms with E-state index in [0.29, 0.717) is 0 Å². The number of aliphatic hydroxyl groups is 5. The fourth-order valence-electron chi connectivity index (χ4n) is 2.19. The van der Waals surface area contributed by atoms with Gasteiger partial charge in [-0.05, 0) is 0 Å². The summed E-state index contributed by atoms with van der Waals surface area (Å²) in [6.45, 7) is -1.22. The number of rotatable bonds is 4. The van der Waals surface area contributed by atoms with Crippen LogP contribution in [0.5, 0.6) is 0 Å². The van der Waals surface area contributed by atoms with Crippen molar-refractivity contribution in [3.63, 3.8) is 0 Å². The van der Waals surface area contributed by atoms with E-state index in [4.69, 9.17) is 20.7 Å². The summed E-state index contributed by atoms with van der Waals surface area (Å²) in [6, 6.07) is 0. The number of hydrogen-bond donors (Lipinski definition) is 6. The van der Waals surface area contributed by atoms with E-state index in [1.54, 1.807) is 0 Å². The summed E-state index contributed by atoms with van der Waals surface area (Å²) in [7, 11) is 0. The molecule has 1 amide bonds. The summed E-state index contributed by atoms with van der Waals surface area (Å²) in [4.78, 5) is 11.8. The van der Waals surface area contributed by atoms with Crippen LogP contribution in [0.1, 0.15) is 5.69 Å². The minimum Gasteiger partial charge on any atom is -0.394 e. The SMILES string of the molecule is NC(=O)[C@@]1(n2cc(CO)nn2)O[C@H](CO)[C@@H](O)[C@H](O)[C@H]1O. The minimum atomic E-state index is -2.37. The van der Waals surface area contributed by atoms with Crippen LogP contribution in [0.15, 0.2) is 6.20 Å². The van der Waals surface area contributed by atoms with Crippen LogP contribution in [-0.2, 0) is 21.9 Å². The van der Waals surface area contributed by atoms with Crippen LogP contribution in [0.3, 0.4) is 0 Å². The van der Waals surface area contributed by atoms with Gasteiger partial charge in [0, 0.05) is 0 Å². The van der Waals surface area contributed by atoms with Crippen LogP contribution in [0.4, 0.5) is 0 Å². The second-order valence-electron chi connectivity index (χ2n) is 4.64. The lowest BCUT2D eigenvalue weighted by Gasteiger charge is -2.46. The van der Waals surface area contributed by atoms with Crippen molar-refractivity contribution in [1.82, 2.24) is 15.0 Å². The smallest absolute Gasteiger partial charge is 0.275 e. The highest BCUT2D eigenvalue weighted by atomic mass is 16.6. The molecule has 0 bridgehead atoms. The molecule has 1 saturated heterocycles. The molecule has 1 aromatic heterocycles. The first-order chi connectivity index (χ1) is 9.88. The Kier molecular flexibility index (Phi) is 4.22. The van der Waals surface area contributed by atoms with E-state index in [1.165, 1.54) is 0 Å². The van der Waals surface area contributed by atoms with Crippen molar-refractivity contribution in [3.05, 3.63) is 11.9 Å². The minimum absolute atomic E-state index is 0.0626. The molecule has 1 fully saturated rings. The number of hydrogen-bond acceptors (Lipinski definition) is 9. The van der Waals surface area contributed by atoms with Gasteiger partial charge in [-0.1, -0.05) is 5.21 Å². The highest BCUT2D eigenvalue weighted by molar-refractivity contribution is 5.82. The molecule has 5 atom stereocenters. The van der Waals surface area contributed by atoms with Gasteiger partial charge >= 0.3 is 0 Å². The first-order valence-corrected chi connectivity index (χ1v) is 6.03. The number of nitrogens with two attached hydrogens (primary N) is 1. The van der Waals surface area contributed by atoms with E-state index >= 15 is 0 Å². The van der Waals surface area contributed by atoms with E-state index in [0.717, 1.165) is 10.9 Å². The Morgan fingerprint density at radius 2 is 2.05 bits per heavy atom. The molecule has 0 unspecified atom stereocenters. The molecule has 0 aliphatic carbocycles. The van der Waals surface area contributed by atoms with Gasteiger partial charge in [-0.3, -0.25) is 4.79 Å². The van der Waals surface area contributed by atoms with Crippen LogP contribution in [0.2, 0.25) is 0 Å². The normalized spacial score (nSPS) is 36.6. The van der Waals surface area contributed by atoms with Gasteiger partial charge in [0.25, 0.3) is 11.6 Å². The van der Waals surface area contributed by atoms with E-state index in [2.05, 4.69) is 10.3 Å². The zero-order valence-electron chi connectivity index (χ0n) is 10.8. The second-order valence-corrected chi connectivity index (χ2v) is 4.64. The molecule has 2 rings (SSSR count). The molecule has 0 saturated carbocycles. The number of carbonyl (C=O) groups is 1. The van der Waals surface area contributed by atoms with Crippen molar-refractivity contribution in [2.24, 2.45) is 5.73 Å². The molecule has 118 valence electrons. The van der Waals surface area contributed by atoms with Crippen molar-refractivity contribution >= 4 is 5.91 Å². The zero-order valence-corrected chi connectivity index (χ0v) is 10.8. The van der Waals surface area contributed by atoms with E-state index in [-0.39, 0.29) is 5.69 Å². The lowest BCUT2D eigenvalue weighted by Crippen LogP contribution is -2.70. The summed E-state index contributed by atoms with van der Waals surface area (Å²) in [6.07, 6.45) is -5.69. The van der Waals surface area contributed by atoms with Crippen LogP contribution in [0.25, 0.3) is 0 Å². The van der Waals surface area contributed by atoms with Crippen molar-refractivity contribution in [3.8, 4) is 0 Å². The zero-order chi connectivity index (χ0) is 15.8. The number of amides is 1. The third kappa shape index (κ3) is 2.29. The standard InChI is InChI=1S/C10H16N4O7/c11-9(20)10(14-1-4(2-15)12-13-14)8(19)7(18)6(17)5(3-16)21-10/h1,5-8,15-19H,2-3H2,(H2,11,20)/t5-,6-,7+,8-,10+/m1/s1.